The minimum absolute atomic E-state index is 0.0428. The maximum Gasteiger partial charge on any atom is 0.312 e. The molecule has 0 radical (unpaired) electrons. The highest BCUT2D eigenvalue weighted by Crippen LogP contribution is 2.48. The third-order valence-corrected chi connectivity index (χ3v) is 5.65. The molecule has 6 nitrogen and oxygen atoms in total. The van der Waals surface area contributed by atoms with E-state index >= 15 is 0 Å². The topological polar surface area (TPSA) is 50.0 Å². The second-order valence-corrected chi connectivity index (χ2v) is 7.18. The van der Waals surface area contributed by atoms with E-state index in [1.165, 1.54) is 18.2 Å². The molecule has 2 fully saturated rings. The minimum atomic E-state index is -0.627. The number of ether oxygens (including phenoxy) is 1. The largest absolute Gasteiger partial charge is 0.506 e. The molecule has 1 aromatic heterocycles. The molecule has 1 spiro atoms. The first-order valence-corrected chi connectivity index (χ1v) is 9.09. The van der Waals surface area contributed by atoms with Crippen molar-refractivity contribution in [3.8, 4) is 5.75 Å². The van der Waals surface area contributed by atoms with Crippen LogP contribution in [0.15, 0.2) is 36.5 Å². The fourth-order valence-electron chi connectivity index (χ4n) is 3.69. The Bertz CT molecular complexity index is 976. The Hall–Kier alpha value is -2.98. The zero-order valence-corrected chi connectivity index (χ0v) is 15.9. The molecule has 2 aliphatic rings. The molecule has 1 aliphatic heterocycles. The van der Waals surface area contributed by atoms with Crippen molar-refractivity contribution in [2.75, 3.05) is 16.9 Å². The minimum Gasteiger partial charge on any atom is -0.506 e. The first-order valence-electron chi connectivity index (χ1n) is 8.69. The van der Waals surface area contributed by atoms with E-state index in [0.717, 1.165) is 30.5 Å². The SMILES string of the molecule is [C-]#[N+]c1ncc(N2C(=O)C3(CCC3)N(c3ccc(C)cc3)C2=S)cc1OC. The van der Waals surface area contributed by atoms with E-state index in [0.29, 0.717) is 16.5 Å². The molecule has 0 unspecified atom stereocenters. The summed E-state index contributed by atoms with van der Waals surface area (Å²) in [5.41, 5.74) is 1.96. The molecule has 0 atom stereocenters. The Labute approximate surface area is 163 Å². The number of benzene rings is 1. The van der Waals surface area contributed by atoms with E-state index in [9.17, 15) is 4.79 Å². The molecule has 27 heavy (non-hydrogen) atoms. The molecule has 2 aromatic rings. The van der Waals surface area contributed by atoms with Crippen LogP contribution in [-0.2, 0) is 4.79 Å². The van der Waals surface area contributed by atoms with Gasteiger partial charge in [0, 0.05) is 5.69 Å². The lowest BCUT2D eigenvalue weighted by Crippen LogP contribution is -2.55. The maximum absolute atomic E-state index is 13.4. The van der Waals surface area contributed by atoms with Gasteiger partial charge in [0.05, 0.1) is 12.8 Å². The number of pyridine rings is 1. The Morgan fingerprint density at radius 2 is 1.96 bits per heavy atom. The van der Waals surface area contributed by atoms with Crippen LogP contribution in [0.3, 0.4) is 0 Å². The van der Waals surface area contributed by atoms with Crippen LogP contribution in [0.5, 0.6) is 5.75 Å². The maximum atomic E-state index is 13.4. The molecule has 1 saturated heterocycles. The van der Waals surface area contributed by atoms with Crippen LogP contribution in [0.25, 0.3) is 4.85 Å². The van der Waals surface area contributed by atoms with E-state index in [-0.39, 0.29) is 11.7 Å². The van der Waals surface area contributed by atoms with Crippen LogP contribution in [0.4, 0.5) is 17.2 Å². The van der Waals surface area contributed by atoms with Crippen LogP contribution < -0.4 is 14.5 Å². The van der Waals surface area contributed by atoms with Crippen molar-refractivity contribution in [2.24, 2.45) is 0 Å². The standard InChI is InChI=1S/C20H18N4O2S/c1-13-5-7-14(8-6-13)24-19(27)23(18(25)20(24)9-4-10-20)15-11-16(26-3)17(21-2)22-12-15/h5-8,11-12H,4,9-10H2,1,3H3. The molecule has 0 N–H and O–H groups in total. The van der Waals surface area contributed by atoms with Crippen molar-refractivity contribution in [3.05, 3.63) is 53.5 Å². The van der Waals surface area contributed by atoms with Gasteiger partial charge in [0.1, 0.15) is 17.5 Å². The van der Waals surface area contributed by atoms with Gasteiger partial charge in [-0.1, -0.05) is 24.3 Å². The Morgan fingerprint density at radius 3 is 2.52 bits per heavy atom. The summed E-state index contributed by atoms with van der Waals surface area (Å²) in [5.74, 6) is 0.445. The number of methoxy groups -OCH3 is 1. The smallest absolute Gasteiger partial charge is 0.312 e. The van der Waals surface area contributed by atoms with Gasteiger partial charge < -0.3 is 14.5 Å². The van der Waals surface area contributed by atoms with Gasteiger partial charge >= 0.3 is 5.82 Å². The highest BCUT2D eigenvalue weighted by Gasteiger charge is 2.59. The molecule has 0 bridgehead atoms. The van der Waals surface area contributed by atoms with Crippen molar-refractivity contribution in [1.82, 2.24) is 4.98 Å². The number of hydrogen-bond donors (Lipinski definition) is 0. The van der Waals surface area contributed by atoms with Crippen molar-refractivity contribution in [3.63, 3.8) is 0 Å². The number of thiocarbonyl (C=S) groups is 1. The quantitative estimate of drug-likeness (QED) is 0.597. The van der Waals surface area contributed by atoms with Gasteiger partial charge in [0.15, 0.2) is 5.11 Å². The summed E-state index contributed by atoms with van der Waals surface area (Å²) in [6, 6.07) is 9.69. The van der Waals surface area contributed by atoms with Crippen LogP contribution in [0, 0.1) is 13.5 Å². The first kappa shape index (κ1) is 17.4. The number of aryl methyl sites for hydroxylation is 1. The van der Waals surface area contributed by atoms with Gasteiger partial charge in [0.2, 0.25) is 0 Å². The van der Waals surface area contributed by atoms with Crippen LogP contribution in [0.2, 0.25) is 0 Å². The number of carbonyl (C=O) groups is 1. The van der Waals surface area contributed by atoms with Crippen molar-refractivity contribution < 1.29 is 9.53 Å². The average molecular weight is 378 g/mol. The number of anilines is 2. The number of carbonyl (C=O) groups excluding carboxylic acids is 1. The van der Waals surface area contributed by atoms with Gasteiger partial charge in [-0.25, -0.2) is 0 Å². The molecule has 1 saturated carbocycles. The molecule has 7 heteroatoms. The summed E-state index contributed by atoms with van der Waals surface area (Å²) in [5, 5.41) is 0.433. The summed E-state index contributed by atoms with van der Waals surface area (Å²) in [4.78, 5) is 24.4. The second kappa shape index (κ2) is 6.32. The molecule has 1 amide bonds. The van der Waals surface area contributed by atoms with Gasteiger partial charge in [0.25, 0.3) is 5.91 Å². The van der Waals surface area contributed by atoms with Crippen molar-refractivity contribution in [2.45, 2.75) is 31.7 Å². The predicted molar refractivity (Wildman–Crippen MR) is 107 cm³/mol. The third kappa shape index (κ3) is 2.48. The zero-order chi connectivity index (χ0) is 19.2. The number of nitrogens with zero attached hydrogens (tertiary/aromatic N) is 4. The number of rotatable bonds is 3. The predicted octanol–water partition coefficient (Wildman–Crippen LogP) is 4.01. The summed E-state index contributed by atoms with van der Waals surface area (Å²) < 4.78 is 5.25. The Morgan fingerprint density at radius 1 is 1.26 bits per heavy atom. The fourth-order valence-corrected chi connectivity index (χ4v) is 4.15. The molecule has 136 valence electrons. The highest BCUT2D eigenvalue weighted by atomic mass is 32.1. The number of amides is 1. The molecule has 1 aliphatic carbocycles. The van der Waals surface area contributed by atoms with Crippen molar-refractivity contribution in [1.29, 1.82) is 0 Å². The van der Waals surface area contributed by atoms with E-state index < -0.39 is 5.54 Å². The Balaban J connectivity index is 1.80. The van der Waals surface area contributed by atoms with Crippen LogP contribution in [0.1, 0.15) is 24.8 Å². The third-order valence-electron chi connectivity index (χ3n) is 5.29. The molecule has 2 heterocycles. The monoisotopic (exact) mass is 378 g/mol. The number of aromatic nitrogens is 1. The molecular formula is C20H18N4O2S. The van der Waals surface area contributed by atoms with Gasteiger partial charge in [-0.05, 0) is 56.6 Å². The van der Waals surface area contributed by atoms with Crippen LogP contribution in [-0.4, -0.2) is 28.7 Å². The Kier molecular flexibility index (Phi) is 4.08. The van der Waals surface area contributed by atoms with E-state index in [2.05, 4.69) is 9.83 Å². The van der Waals surface area contributed by atoms with Gasteiger partial charge in [-0.15, -0.1) is 4.98 Å². The normalized spacial score (nSPS) is 17.8. The van der Waals surface area contributed by atoms with E-state index in [4.69, 9.17) is 23.5 Å². The highest BCUT2D eigenvalue weighted by molar-refractivity contribution is 7.81. The second-order valence-electron chi connectivity index (χ2n) is 6.81. The summed E-state index contributed by atoms with van der Waals surface area (Å²) in [6.07, 6.45) is 4.02. The lowest BCUT2D eigenvalue weighted by atomic mass is 9.75. The lowest BCUT2D eigenvalue weighted by Gasteiger charge is -2.43. The first-order chi connectivity index (χ1) is 13.0. The fraction of sp³-hybridized carbons (Fsp3) is 0.300. The zero-order valence-electron chi connectivity index (χ0n) is 15.1. The summed E-state index contributed by atoms with van der Waals surface area (Å²) in [6.45, 7) is 9.21. The summed E-state index contributed by atoms with van der Waals surface area (Å²) >= 11 is 5.73. The molecule has 1 aromatic carbocycles. The van der Waals surface area contributed by atoms with E-state index in [1.54, 1.807) is 6.07 Å². The van der Waals surface area contributed by atoms with Crippen LogP contribution >= 0.6 is 12.2 Å². The number of hydrogen-bond acceptors (Lipinski definition) is 4. The van der Waals surface area contributed by atoms with Gasteiger partial charge in [-0.2, -0.15) is 0 Å². The molecular weight excluding hydrogens is 360 g/mol. The van der Waals surface area contributed by atoms with E-state index in [1.807, 2.05) is 36.1 Å². The summed E-state index contributed by atoms with van der Waals surface area (Å²) in [7, 11) is 1.48. The molecule has 4 rings (SSSR count). The van der Waals surface area contributed by atoms with Gasteiger partial charge in [-0.3, -0.25) is 9.69 Å². The lowest BCUT2D eigenvalue weighted by molar-refractivity contribution is -0.123. The average Bonchev–Trinajstić information content (AvgIpc) is 2.89. The van der Waals surface area contributed by atoms with Crippen molar-refractivity contribution >= 4 is 40.4 Å².